The van der Waals surface area contributed by atoms with Crippen LogP contribution in [0.4, 0.5) is 5.69 Å². The van der Waals surface area contributed by atoms with Gasteiger partial charge in [0.2, 0.25) is 0 Å². The first-order chi connectivity index (χ1) is 17.3. The fraction of sp³-hybridized carbons (Fsp3) is 0.115. The van der Waals surface area contributed by atoms with E-state index in [4.69, 9.17) is 11.6 Å². The molecule has 0 saturated carbocycles. The predicted octanol–water partition coefficient (Wildman–Crippen LogP) is 4.49. The molecule has 8 nitrogen and oxygen atoms in total. The second-order valence-corrected chi connectivity index (χ2v) is 10.2. The highest BCUT2D eigenvalue weighted by Gasteiger charge is 2.27. The highest BCUT2D eigenvalue weighted by atomic mass is 35.5. The third-order valence-corrected chi connectivity index (χ3v) is 7.48. The molecule has 0 fully saturated rings. The molecule has 3 aromatic carbocycles. The quantitative estimate of drug-likeness (QED) is 0.273. The Bertz CT molecular complexity index is 1500. The molecule has 1 aromatic heterocycles. The normalized spacial score (nSPS) is 11.5. The summed E-state index contributed by atoms with van der Waals surface area (Å²) in [7, 11) is -4.00. The molecule has 1 heterocycles. The van der Waals surface area contributed by atoms with Crippen molar-refractivity contribution in [2.45, 2.75) is 18.7 Å². The molecule has 4 aromatic rings. The van der Waals surface area contributed by atoms with Crippen LogP contribution in [0.15, 0.2) is 94.9 Å². The summed E-state index contributed by atoms with van der Waals surface area (Å²) in [4.78, 5) is 12.9. The number of rotatable bonds is 8. The summed E-state index contributed by atoms with van der Waals surface area (Å²) in [6.45, 7) is 3.22. The molecular weight excluding hydrogens is 498 g/mol. The van der Waals surface area contributed by atoms with Gasteiger partial charge in [-0.2, -0.15) is 10.2 Å². The predicted molar refractivity (Wildman–Crippen MR) is 141 cm³/mol. The SMILES string of the molecule is Cc1cccc(N(CC(=O)N/N=C\c2c(Cl)nn(-c3ccccc3)c2C)S(=O)(=O)c2ccccc2)c1. The van der Waals surface area contributed by atoms with Gasteiger partial charge in [0.15, 0.2) is 5.15 Å². The monoisotopic (exact) mass is 521 g/mol. The van der Waals surface area contributed by atoms with E-state index < -0.39 is 22.5 Å². The van der Waals surface area contributed by atoms with Gasteiger partial charge < -0.3 is 0 Å². The maximum atomic E-state index is 13.4. The average molecular weight is 522 g/mol. The Morgan fingerprint density at radius 3 is 2.36 bits per heavy atom. The summed E-state index contributed by atoms with van der Waals surface area (Å²) in [5, 5.41) is 8.56. The maximum Gasteiger partial charge on any atom is 0.264 e. The van der Waals surface area contributed by atoms with E-state index in [1.54, 1.807) is 41.1 Å². The second-order valence-electron chi connectivity index (χ2n) is 7.99. The first-order valence-electron chi connectivity index (χ1n) is 11.0. The number of sulfonamides is 1. The number of anilines is 1. The number of para-hydroxylation sites is 1. The summed E-state index contributed by atoms with van der Waals surface area (Å²) in [5.74, 6) is -0.614. The molecule has 0 radical (unpaired) electrons. The number of hydrogen-bond donors (Lipinski definition) is 1. The van der Waals surface area contributed by atoms with Crippen molar-refractivity contribution >= 4 is 39.4 Å². The third-order valence-electron chi connectivity index (χ3n) is 5.41. The van der Waals surface area contributed by atoms with Crippen molar-refractivity contribution in [3.63, 3.8) is 0 Å². The topological polar surface area (TPSA) is 96.7 Å². The van der Waals surface area contributed by atoms with Gasteiger partial charge in [-0.15, -0.1) is 0 Å². The van der Waals surface area contributed by atoms with Crippen LogP contribution in [0.5, 0.6) is 0 Å². The largest absolute Gasteiger partial charge is 0.271 e. The molecular formula is C26H24ClN5O3S. The van der Waals surface area contributed by atoms with Crippen molar-refractivity contribution in [2.24, 2.45) is 5.10 Å². The van der Waals surface area contributed by atoms with Crippen LogP contribution in [0.25, 0.3) is 5.69 Å². The summed E-state index contributed by atoms with van der Waals surface area (Å²) < 4.78 is 29.5. The van der Waals surface area contributed by atoms with Crippen LogP contribution >= 0.6 is 11.6 Å². The summed E-state index contributed by atoms with van der Waals surface area (Å²) in [6.07, 6.45) is 1.39. The summed E-state index contributed by atoms with van der Waals surface area (Å²) in [5.41, 5.74) is 5.74. The van der Waals surface area contributed by atoms with Crippen molar-refractivity contribution in [1.82, 2.24) is 15.2 Å². The fourth-order valence-electron chi connectivity index (χ4n) is 3.60. The van der Waals surface area contributed by atoms with Gasteiger partial charge in [0, 0.05) is 0 Å². The summed E-state index contributed by atoms with van der Waals surface area (Å²) >= 11 is 6.30. The van der Waals surface area contributed by atoms with E-state index >= 15 is 0 Å². The van der Waals surface area contributed by atoms with E-state index in [0.29, 0.717) is 11.3 Å². The Morgan fingerprint density at radius 1 is 1.03 bits per heavy atom. The van der Waals surface area contributed by atoms with Crippen LogP contribution < -0.4 is 9.73 Å². The fourth-order valence-corrected chi connectivity index (χ4v) is 5.29. The van der Waals surface area contributed by atoms with Crippen LogP contribution in [-0.4, -0.2) is 36.9 Å². The van der Waals surface area contributed by atoms with E-state index in [2.05, 4.69) is 15.6 Å². The molecule has 0 unspecified atom stereocenters. The lowest BCUT2D eigenvalue weighted by Gasteiger charge is -2.24. The standard InChI is InChI=1S/C26H24ClN5O3S/c1-19-10-9-13-22(16-19)31(36(34,35)23-14-7-4-8-15-23)18-25(33)29-28-17-24-20(2)32(30-26(24)27)21-11-5-3-6-12-21/h3-17H,18H2,1-2H3,(H,29,33)/b28-17-. The molecule has 0 aliphatic heterocycles. The Hall–Kier alpha value is -3.95. The molecule has 0 atom stereocenters. The van der Waals surface area contributed by atoms with Gasteiger partial charge in [-0.1, -0.05) is 60.1 Å². The van der Waals surface area contributed by atoms with Crippen LogP contribution in [0.3, 0.4) is 0 Å². The van der Waals surface area contributed by atoms with Crippen molar-refractivity contribution in [3.8, 4) is 5.69 Å². The molecule has 0 aliphatic rings. The van der Waals surface area contributed by atoms with E-state index in [1.807, 2.05) is 50.2 Å². The van der Waals surface area contributed by atoms with Crippen molar-refractivity contribution in [2.75, 3.05) is 10.8 Å². The van der Waals surface area contributed by atoms with Crippen molar-refractivity contribution in [1.29, 1.82) is 0 Å². The number of amides is 1. The lowest BCUT2D eigenvalue weighted by Crippen LogP contribution is -2.39. The van der Waals surface area contributed by atoms with Gasteiger partial charge in [-0.25, -0.2) is 18.5 Å². The number of aromatic nitrogens is 2. The van der Waals surface area contributed by atoms with Crippen LogP contribution in [-0.2, 0) is 14.8 Å². The molecule has 4 rings (SSSR count). The number of hydrogen-bond acceptors (Lipinski definition) is 5. The van der Waals surface area contributed by atoms with Crippen LogP contribution in [0.2, 0.25) is 5.15 Å². The minimum atomic E-state index is -4.00. The average Bonchev–Trinajstić information content (AvgIpc) is 3.16. The first-order valence-corrected chi connectivity index (χ1v) is 12.9. The molecule has 0 saturated heterocycles. The summed E-state index contributed by atoms with van der Waals surface area (Å²) in [6, 6.07) is 24.4. The first kappa shape index (κ1) is 25.2. The maximum absolute atomic E-state index is 13.4. The molecule has 1 amide bonds. The van der Waals surface area contributed by atoms with Gasteiger partial charge >= 0.3 is 0 Å². The Balaban J connectivity index is 1.55. The smallest absolute Gasteiger partial charge is 0.264 e. The van der Waals surface area contributed by atoms with E-state index in [9.17, 15) is 13.2 Å². The van der Waals surface area contributed by atoms with E-state index in [-0.39, 0.29) is 10.0 Å². The second kappa shape index (κ2) is 10.8. The number of nitrogens with one attached hydrogen (secondary N) is 1. The highest BCUT2D eigenvalue weighted by Crippen LogP contribution is 2.24. The molecule has 36 heavy (non-hydrogen) atoms. The van der Waals surface area contributed by atoms with Crippen LogP contribution in [0.1, 0.15) is 16.8 Å². The van der Waals surface area contributed by atoms with Gasteiger partial charge in [0.1, 0.15) is 6.54 Å². The third kappa shape index (κ3) is 5.48. The zero-order valence-electron chi connectivity index (χ0n) is 19.7. The number of aryl methyl sites for hydroxylation is 1. The Labute approximate surface area is 214 Å². The lowest BCUT2D eigenvalue weighted by molar-refractivity contribution is -0.119. The molecule has 0 bridgehead atoms. The zero-order valence-corrected chi connectivity index (χ0v) is 21.2. The van der Waals surface area contributed by atoms with Crippen molar-refractivity contribution < 1.29 is 13.2 Å². The number of benzene rings is 3. The molecule has 184 valence electrons. The van der Waals surface area contributed by atoms with E-state index in [1.165, 1.54) is 18.3 Å². The molecule has 0 spiro atoms. The number of halogens is 1. The zero-order chi connectivity index (χ0) is 25.7. The number of carbonyl (C=O) groups is 1. The van der Waals surface area contributed by atoms with Gasteiger partial charge in [0.25, 0.3) is 15.9 Å². The lowest BCUT2D eigenvalue weighted by atomic mass is 10.2. The minimum absolute atomic E-state index is 0.0820. The van der Waals surface area contributed by atoms with Crippen LogP contribution in [0, 0.1) is 13.8 Å². The minimum Gasteiger partial charge on any atom is -0.271 e. The number of hydrazone groups is 1. The van der Waals surface area contributed by atoms with Gasteiger partial charge in [0.05, 0.1) is 33.7 Å². The highest BCUT2D eigenvalue weighted by molar-refractivity contribution is 7.92. The molecule has 10 heteroatoms. The number of nitrogens with zero attached hydrogens (tertiary/aromatic N) is 4. The van der Waals surface area contributed by atoms with Crippen molar-refractivity contribution in [3.05, 3.63) is 107 Å². The van der Waals surface area contributed by atoms with E-state index in [0.717, 1.165) is 21.2 Å². The Kier molecular flexibility index (Phi) is 7.52. The molecule has 0 aliphatic carbocycles. The molecule has 1 N–H and O–H groups in total. The van der Waals surface area contributed by atoms with Gasteiger partial charge in [-0.3, -0.25) is 9.10 Å². The van der Waals surface area contributed by atoms with Gasteiger partial charge in [-0.05, 0) is 55.8 Å². The Morgan fingerprint density at radius 2 is 1.69 bits per heavy atom. The number of carbonyl (C=O) groups excluding carboxylic acids is 1.